The zero-order chi connectivity index (χ0) is 19.1. The predicted octanol–water partition coefficient (Wildman–Crippen LogP) is 4.08. The van der Waals surface area contributed by atoms with Crippen molar-refractivity contribution in [2.24, 2.45) is 0 Å². The van der Waals surface area contributed by atoms with Gasteiger partial charge in [-0.15, -0.1) is 0 Å². The number of carbonyl (C=O) groups is 1. The monoisotopic (exact) mass is 356 g/mol. The molecule has 2 aromatic carbocycles. The van der Waals surface area contributed by atoms with Crippen LogP contribution in [0.4, 0.5) is 5.69 Å². The molecule has 140 valence electrons. The summed E-state index contributed by atoms with van der Waals surface area (Å²) in [7, 11) is 3.16. The Balaban J connectivity index is 1.91. The van der Waals surface area contributed by atoms with Gasteiger partial charge in [0, 0.05) is 24.6 Å². The first-order chi connectivity index (χ1) is 12.4. The van der Waals surface area contributed by atoms with Crippen molar-refractivity contribution in [1.29, 1.82) is 0 Å². The summed E-state index contributed by atoms with van der Waals surface area (Å²) in [5, 5.41) is 6.37. The first-order valence-electron chi connectivity index (χ1n) is 8.77. The lowest BCUT2D eigenvalue weighted by Gasteiger charge is -2.20. The van der Waals surface area contributed by atoms with Crippen molar-refractivity contribution in [3.63, 3.8) is 0 Å². The Morgan fingerprint density at radius 2 is 1.73 bits per heavy atom. The Kier molecular flexibility index (Phi) is 7.04. The summed E-state index contributed by atoms with van der Waals surface area (Å²) in [5.74, 6) is 1.19. The highest BCUT2D eigenvalue weighted by molar-refractivity contribution is 5.92. The second-order valence-electron chi connectivity index (χ2n) is 6.52. The van der Waals surface area contributed by atoms with Gasteiger partial charge in [-0.1, -0.05) is 29.8 Å². The molecule has 0 saturated heterocycles. The molecule has 0 radical (unpaired) electrons. The lowest BCUT2D eigenvalue weighted by Crippen LogP contribution is -2.32. The summed E-state index contributed by atoms with van der Waals surface area (Å²) in [5.41, 5.74) is 3.08. The number of hydrogen-bond donors (Lipinski definition) is 2. The van der Waals surface area contributed by atoms with Gasteiger partial charge in [0.1, 0.15) is 11.5 Å². The van der Waals surface area contributed by atoms with Gasteiger partial charge in [-0.3, -0.25) is 4.79 Å². The molecule has 5 heteroatoms. The molecule has 0 fully saturated rings. The van der Waals surface area contributed by atoms with Gasteiger partial charge in [0.25, 0.3) is 0 Å². The number of amides is 1. The summed E-state index contributed by atoms with van der Waals surface area (Å²) < 4.78 is 10.5. The largest absolute Gasteiger partial charge is 0.497 e. The highest BCUT2D eigenvalue weighted by Gasteiger charge is 2.15. The van der Waals surface area contributed by atoms with E-state index in [4.69, 9.17) is 9.47 Å². The number of aryl methyl sites for hydroxylation is 1. The highest BCUT2D eigenvalue weighted by atomic mass is 16.5. The minimum Gasteiger partial charge on any atom is -0.497 e. The van der Waals surface area contributed by atoms with Crippen LogP contribution in [0.2, 0.25) is 0 Å². The van der Waals surface area contributed by atoms with E-state index in [0.29, 0.717) is 23.6 Å². The first kappa shape index (κ1) is 19.8. The van der Waals surface area contributed by atoms with Crippen LogP contribution in [0.1, 0.15) is 37.4 Å². The van der Waals surface area contributed by atoms with Crippen LogP contribution in [0.25, 0.3) is 0 Å². The van der Waals surface area contributed by atoms with Crippen molar-refractivity contribution in [1.82, 2.24) is 5.32 Å². The smallest absolute Gasteiger partial charge is 0.226 e. The molecule has 2 N–H and O–H groups in total. The fourth-order valence-corrected chi connectivity index (χ4v) is 2.82. The quantitative estimate of drug-likeness (QED) is 0.748. The third-order valence-electron chi connectivity index (χ3n) is 4.29. The van der Waals surface area contributed by atoms with Gasteiger partial charge >= 0.3 is 0 Å². The van der Waals surface area contributed by atoms with Crippen LogP contribution in [0.5, 0.6) is 11.5 Å². The van der Waals surface area contributed by atoms with Crippen molar-refractivity contribution in [2.75, 3.05) is 19.5 Å². The second-order valence-corrected chi connectivity index (χ2v) is 6.52. The van der Waals surface area contributed by atoms with Crippen LogP contribution in [0, 0.1) is 6.92 Å². The molecular formula is C21H28N2O3. The molecule has 5 nitrogen and oxygen atoms in total. The Morgan fingerprint density at radius 3 is 2.35 bits per heavy atom. The Hall–Kier alpha value is -2.53. The Labute approximate surface area is 155 Å². The van der Waals surface area contributed by atoms with Gasteiger partial charge in [0.05, 0.1) is 19.9 Å². The third kappa shape index (κ3) is 5.49. The minimum atomic E-state index is -0.0652. The van der Waals surface area contributed by atoms with Crippen LogP contribution >= 0.6 is 0 Å². The number of ether oxygens (including phenoxy) is 2. The summed E-state index contributed by atoms with van der Waals surface area (Å²) in [6, 6.07) is 14.0. The van der Waals surface area contributed by atoms with Crippen molar-refractivity contribution in [3.05, 3.63) is 53.6 Å². The molecule has 1 amide bonds. The second kappa shape index (κ2) is 9.25. The van der Waals surface area contributed by atoms with E-state index in [9.17, 15) is 4.79 Å². The van der Waals surface area contributed by atoms with E-state index in [1.54, 1.807) is 32.4 Å². The molecule has 2 rings (SSSR count). The van der Waals surface area contributed by atoms with Gasteiger partial charge < -0.3 is 20.1 Å². The molecule has 0 bridgehead atoms. The van der Waals surface area contributed by atoms with E-state index < -0.39 is 0 Å². The molecule has 0 heterocycles. The van der Waals surface area contributed by atoms with Crippen molar-refractivity contribution in [2.45, 2.75) is 39.3 Å². The van der Waals surface area contributed by atoms with E-state index in [1.165, 1.54) is 11.1 Å². The maximum Gasteiger partial charge on any atom is 0.226 e. The van der Waals surface area contributed by atoms with Crippen LogP contribution in [-0.4, -0.2) is 26.2 Å². The van der Waals surface area contributed by atoms with Crippen LogP contribution in [0.15, 0.2) is 42.5 Å². The molecule has 0 aliphatic rings. The maximum atomic E-state index is 12.4. The van der Waals surface area contributed by atoms with Crippen molar-refractivity contribution in [3.8, 4) is 11.5 Å². The maximum absolute atomic E-state index is 12.4. The molecule has 0 saturated carbocycles. The molecule has 2 atom stereocenters. The third-order valence-corrected chi connectivity index (χ3v) is 4.29. The number of rotatable bonds is 8. The molecule has 0 aliphatic carbocycles. The van der Waals surface area contributed by atoms with E-state index in [2.05, 4.69) is 48.7 Å². The van der Waals surface area contributed by atoms with E-state index in [0.717, 1.165) is 0 Å². The van der Waals surface area contributed by atoms with Gasteiger partial charge in [0.2, 0.25) is 5.91 Å². The predicted molar refractivity (Wildman–Crippen MR) is 105 cm³/mol. The number of nitrogens with one attached hydrogen (secondary N) is 2. The van der Waals surface area contributed by atoms with E-state index >= 15 is 0 Å². The zero-order valence-electron chi connectivity index (χ0n) is 16.1. The average molecular weight is 356 g/mol. The Bertz CT molecular complexity index is 729. The fraction of sp³-hybridized carbons (Fsp3) is 0.381. The lowest BCUT2D eigenvalue weighted by molar-refractivity contribution is -0.116. The van der Waals surface area contributed by atoms with Crippen LogP contribution in [0.3, 0.4) is 0 Å². The summed E-state index contributed by atoms with van der Waals surface area (Å²) in [6.45, 7) is 6.18. The van der Waals surface area contributed by atoms with Crippen molar-refractivity contribution >= 4 is 11.6 Å². The average Bonchev–Trinajstić information content (AvgIpc) is 2.62. The first-order valence-corrected chi connectivity index (χ1v) is 8.77. The van der Waals surface area contributed by atoms with E-state index in [-0.39, 0.29) is 18.0 Å². The highest BCUT2D eigenvalue weighted by Crippen LogP contribution is 2.29. The number of methoxy groups -OCH3 is 2. The molecule has 0 aromatic heterocycles. The molecule has 0 spiro atoms. The summed E-state index contributed by atoms with van der Waals surface area (Å²) >= 11 is 0. The number of hydrogen-bond acceptors (Lipinski definition) is 4. The standard InChI is InChI=1S/C21H28N2O3/c1-14-6-8-17(9-7-14)16(3)22-15(2)12-21(24)23-19-11-10-18(25-4)13-20(19)26-5/h6-11,13,15-16,22H,12H2,1-5H3,(H,23,24). The Morgan fingerprint density at radius 1 is 1.04 bits per heavy atom. The summed E-state index contributed by atoms with van der Waals surface area (Å²) in [4.78, 5) is 12.4. The topological polar surface area (TPSA) is 59.6 Å². The fourth-order valence-electron chi connectivity index (χ4n) is 2.82. The zero-order valence-corrected chi connectivity index (χ0v) is 16.1. The molecule has 2 unspecified atom stereocenters. The number of benzene rings is 2. The van der Waals surface area contributed by atoms with Crippen molar-refractivity contribution < 1.29 is 14.3 Å². The van der Waals surface area contributed by atoms with Crippen LogP contribution in [-0.2, 0) is 4.79 Å². The van der Waals surface area contributed by atoms with Gasteiger partial charge in [-0.25, -0.2) is 0 Å². The molecule has 0 aliphatic heterocycles. The summed E-state index contributed by atoms with van der Waals surface area (Å²) in [6.07, 6.45) is 0.366. The molecular weight excluding hydrogens is 328 g/mol. The van der Waals surface area contributed by atoms with Crippen LogP contribution < -0.4 is 20.1 Å². The SMILES string of the molecule is COc1ccc(NC(=O)CC(C)NC(C)c2ccc(C)cc2)c(OC)c1. The lowest BCUT2D eigenvalue weighted by atomic mass is 10.1. The molecule has 26 heavy (non-hydrogen) atoms. The molecule has 2 aromatic rings. The normalized spacial score (nSPS) is 13.0. The van der Waals surface area contributed by atoms with E-state index in [1.807, 2.05) is 6.92 Å². The van der Waals surface area contributed by atoms with Gasteiger partial charge in [0.15, 0.2) is 0 Å². The van der Waals surface area contributed by atoms with Gasteiger partial charge in [-0.05, 0) is 38.5 Å². The van der Waals surface area contributed by atoms with Gasteiger partial charge in [-0.2, -0.15) is 0 Å². The number of anilines is 1. The minimum absolute atomic E-state index is 0.0375. The number of carbonyl (C=O) groups excluding carboxylic acids is 1.